The molecule has 2 amide bonds. The van der Waals surface area contributed by atoms with Crippen molar-refractivity contribution in [2.75, 3.05) is 6.54 Å². The molecule has 172 valence electrons. The summed E-state index contributed by atoms with van der Waals surface area (Å²) < 4.78 is 14.3. The van der Waals surface area contributed by atoms with Crippen molar-refractivity contribution in [1.82, 2.24) is 30.8 Å². The van der Waals surface area contributed by atoms with E-state index >= 15 is 0 Å². The smallest absolute Gasteiger partial charge is 0.243 e. The SMILES string of the molecule is CC(C)c1ccc([C@@H](NC(=O)[C@@H]2C[C@@H](F)CN2C(=O)Cc2nn[nH]n2)c2ccccc2)cc1. The van der Waals surface area contributed by atoms with Gasteiger partial charge in [0.1, 0.15) is 12.2 Å². The Labute approximate surface area is 191 Å². The highest BCUT2D eigenvalue weighted by Crippen LogP contribution is 2.27. The summed E-state index contributed by atoms with van der Waals surface area (Å²) in [6.45, 7) is 4.12. The van der Waals surface area contributed by atoms with Gasteiger partial charge in [-0.15, -0.1) is 10.2 Å². The van der Waals surface area contributed by atoms with Crippen LogP contribution in [0.3, 0.4) is 0 Å². The first-order chi connectivity index (χ1) is 15.9. The molecule has 8 nitrogen and oxygen atoms in total. The number of H-pyrrole nitrogens is 1. The van der Waals surface area contributed by atoms with Gasteiger partial charge >= 0.3 is 0 Å². The van der Waals surface area contributed by atoms with Gasteiger partial charge in [-0.05, 0) is 22.6 Å². The monoisotopic (exact) mass is 450 g/mol. The minimum Gasteiger partial charge on any atom is -0.343 e. The van der Waals surface area contributed by atoms with E-state index < -0.39 is 30.1 Å². The number of benzene rings is 2. The topological polar surface area (TPSA) is 104 Å². The van der Waals surface area contributed by atoms with Crippen LogP contribution in [0.2, 0.25) is 0 Å². The van der Waals surface area contributed by atoms with E-state index in [2.05, 4.69) is 51.9 Å². The van der Waals surface area contributed by atoms with Gasteiger partial charge in [-0.1, -0.05) is 73.7 Å². The highest BCUT2D eigenvalue weighted by molar-refractivity contribution is 5.89. The molecule has 2 heterocycles. The molecular formula is C24H27FN6O2. The number of aromatic amines is 1. The maximum Gasteiger partial charge on any atom is 0.243 e. The van der Waals surface area contributed by atoms with Crippen LogP contribution in [0, 0.1) is 0 Å². The molecule has 0 bridgehead atoms. The molecule has 3 aromatic rings. The first-order valence-electron chi connectivity index (χ1n) is 11.0. The number of amides is 2. The van der Waals surface area contributed by atoms with Gasteiger partial charge in [-0.25, -0.2) is 4.39 Å². The van der Waals surface area contributed by atoms with Crippen LogP contribution in [0.4, 0.5) is 4.39 Å². The predicted molar refractivity (Wildman–Crippen MR) is 120 cm³/mol. The summed E-state index contributed by atoms with van der Waals surface area (Å²) in [5, 5.41) is 16.3. The molecule has 1 aromatic heterocycles. The lowest BCUT2D eigenvalue weighted by Crippen LogP contribution is -2.47. The number of hydrogen-bond donors (Lipinski definition) is 2. The van der Waals surface area contributed by atoms with Crippen LogP contribution in [-0.4, -0.2) is 56.1 Å². The second-order valence-electron chi connectivity index (χ2n) is 8.57. The molecule has 1 saturated heterocycles. The molecule has 2 aromatic carbocycles. The first-order valence-corrected chi connectivity index (χ1v) is 11.0. The molecule has 33 heavy (non-hydrogen) atoms. The maximum absolute atomic E-state index is 14.3. The van der Waals surface area contributed by atoms with Crippen LogP contribution in [-0.2, 0) is 16.0 Å². The molecule has 0 radical (unpaired) electrons. The van der Waals surface area contributed by atoms with Crippen molar-refractivity contribution >= 4 is 11.8 Å². The standard InChI is InChI=1S/C24H27FN6O2/c1-15(2)16-8-10-18(11-9-16)23(17-6-4-3-5-7-17)26-24(33)20-12-19(25)14-31(20)22(32)13-21-27-29-30-28-21/h3-11,15,19-20,23H,12-14H2,1-2H3,(H,26,33)(H,27,28,29,30)/t19-,20+,23+/m1/s1. The molecule has 2 N–H and O–H groups in total. The second-order valence-corrected chi connectivity index (χ2v) is 8.57. The van der Waals surface area contributed by atoms with Crippen LogP contribution in [0.15, 0.2) is 54.6 Å². The summed E-state index contributed by atoms with van der Waals surface area (Å²) in [6.07, 6.45) is -1.46. The van der Waals surface area contributed by atoms with E-state index in [0.29, 0.717) is 5.92 Å². The average molecular weight is 451 g/mol. The quantitative estimate of drug-likeness (QED) is 0.576. The number of likely N-dealkylation sites (tertiary alicyclic amines) is 1. The fourth-order valence-corrected chi connectivity index (χ4v) is 4.12. The fraction of sp³-hybridized carbons (Fsp3) is 0.375. The minimum atomic E-state index is -1.27. The Kier molecular flexibility index (Phi) is 6.76. The number of tetrazole rings is 1. The Balaban J connectivity index is 1.56. The summed E-state index contributed by atoms with van der Waals surface area (Å²) in [5.41, 5.74) is 3.02. The Hall–Kier alpha value is -3.62. The van der Waals surface area contributed by atoms with Crippen molar-refractivity contribution in [3.8, 4) is 0 Å². The van der Waals surface area contributed by atoms with Crippen molar-refractivity contribution in [1.29, 1.82) is 0 Å². The van der Waals surface area contributed by atoms with Crippen LogP contribution < -0.4 is 5.32 Å². The Morgan fingerprint density at radius 1 is 1.09 bits per heavy atom. The molecule has 0 spiro atoms. The summed E-state index contributed by atoms with van der Waals surface area (Å²) in [4.78, 5) is 27.4. The molecule has 0 unspecified atom stereocenters. The number of carbonyl (C=O) groups excluding carboxylic acids is 2. The van der Waals surface area contributed by atoms with Gasteiger partial charge in [0, 0.05) is 6.42 Å². The number of alkyl halides is 1. The van der Waals surface area contributed by atoms with E-state index in [1.165, 1.54) is 10.5 Å². The molecule has 3 atom stereocenters. The van der Waals surface area contributed by atoms with Crippen molar-refractivity contribution in [3.63, 3.8) is 0 Å². The van der Waals surface area contributed by atoms with E-state index in [-0.39, 0.29) is 25.2 Å². The molecule has 0 saturated carbocycles. The lowest BCUT2D eigenvalue weighted by molar-refractivity contribution is -0.138. The van der Waals surface area contributed by atoms with Crippen molar-refractivity contribution in [2.24, 2.45) is 0 Å². The number of halogens is 1. The first kappa shape index (κ1) is 22.6. The van der Waals surface area contributed by atoms with E-state index in [0.717, 1.165) is 11.1 Å². The van der Waals surface area contributed by atoms with Gasteiger partial charge < -0.3 is 10.2 Å². The lowest BCUT2D eigenvalue weighted by atomic mass is 9.95. The van der Waals surface area contributed by atoms with Crippen molar-refractivity contribution in [2.45, 2.75) is 50.9 Å². The number of carbonyl (C=O) groups is 2. The zero-order valence-electron chi connectivity index (χ0n) is 18.6. The van der Waals surface area contributed by atoms with Crippen LogP contribution in [0.25, 0.3) is 0 Å². The number of rotatable bonds is 7. The Morgan fingerprint density at radius 3 is 2.39 bits per heavy atom. The minimum absolute atomic E-state index is 0.0440. The van der Waals surface area contributed by atoms with Gasteiger partial charge in [0.15, 0.2) is 5.82 Å². The predicted octanol–water partition coefficient (Wildman–Crippen LogP) is 2.71. The summed E-state index contributed by atoms with van der Waals surface area (Å²) >= 11 is 0. The largest absolute Gasteiger partial charge is 0.343 e. The third-order valence-corrected chi connectivity index (χ3v) is 5.93. The maximum atomic E-state index is 14.3. The fourth-order valence-electron chi connectivity index (χ4n) is 4.12. The third kappa shape index (κ3) is 5.24. The zero-order chi connectivity index (χ0) is 23.4. The van der Waals surface area contributed by atoms with Crippen molar-refractivity contribution < 1.29 is 14.0 Å². The van der Waals surface area contributed by atoms with Gasteiger partial charge in [0.25, 0.3) is 0 Å². The molecular weight excluding hydrogens is 423 g/mol. The molecule has 0 aliphatic carbocycles. The van der Waals surface area contributed by atoms with Crippen LogP contribution in [0.5, 0.6) is 0 Å². The van der Waals surface area contributed by atoms with E-state index in [1.807, 2.05) is 42.5 Å². The van der Waals surface area contributed by atoms with Crippen LogP contribution in [0.1, 0.15) is 54.7 Å². The van der Waals surface area contributed by atoms with Gasteiger partial charge in [0.05, 0.1) is 19.0 Å². The lowest BCUT2D eigenvalue weighted by Gasteiger charge is -2.27. The number of nitrogens with one attached hydrogen (secondary N) is 2. The average Bonchev–Trinajstić information content (AvgIpc) is 3.47. The summed E-state index contributed by atoms with van der Waals surface area (Å²) in [6, 6.07) is 16.4. The number of hydrogen-bond acceptors (Lipinski definition) is 5. The highest BCUT2D eigenvalue weighted by atomic mass is 19.1. The molecule has 1 fully saturated rings. The number of nitrogens with zero attached hydrogens (tertiary/aromatic N) is 4. The van der Waals surface area contributed by atoms with Crippen molar-refractivity contribution in [3.05, 3.63) is 77.1 Å². The Morgan fingerprint density at radius 2 is 1.76 bits per heavy atom. The van der Waals surface area contributed by atoms with E-state index in [9.17, 15) is 14.0 Å². The molecule has 9 heteroatoms. The molecule has 1 aliphatic heterocycles. The normalized spacial score (nSPS) is 19.0. The summed E-state index contributed by atoms with van der Waals surface area (Å²) in [7, 11) is 0. The van der Waals surface area contributed by atoms with E-state index in [1.54, 1.807) is 0 Å². The van der Waals surface area contributed by atoms with Crippen LogP contribution >= 0.6 is 0 Å². The molecule has 1 aliphatic rings. The zero-order valence-corrected chi connectivity index (χ0v) is 18.6. The van der Waals surface area contributed by atoms with Gasteiger partial charge in [-0.2, -0.15) is 5.21 Å². The summed E-state index contributed by atoms with van der Waals surface area (Å²) in [5.74, 6) is -0.205. The van der Waals surface area contributed by atoms with Gasteiger partial charge in [0.2, 0.25) is 11.8 Å². The van der Waals surface area contributed by atoms with E-state index in [4.69, 9.17) is 0 Å². The highest BCUT2D eigenvalue weighted by Gasteiger charge is 2.40. The Bertz CT molecular complexity index is 1070. The third-order valence-electron chi connectivity index (χ3n) is 5.93. The van der Waals surface area contributed by atoms with Gasteiger partial charge in [-0.3, -0.25) is 9.59 Å². The molecule has 4 rings (SSSR count). The second kappa shape index (κ2) is 9.89. The number of aromatic nitrogens is 4.